The van der Waals surface area contributed by atoms with Crippen LogP contribution in [0.15, 0.2) is 275 Å². The number of ether oxygens (including phenoxy) is 2. The van der Waals surface area contributed by atoms with E-state index in [0.717, 1.165) is 136 Å². The molecule has 19 rings (SSSR count). The average Bonchev–Trinajstić information content (AvgIpc) is 1.64. The summed E-state index contributed by atoms with van der Waals surface area (Å²) in [4.78, 5) is 76.1. The molecule has 0 bridgehead atoms. The molecule has 10 N–H and O–H groups in total. The number of amides is 2. The number of nitrogens with one attached hydrogen (secondary N) is 7. The first-order chi connectivity index (χ1) is 60.8. The van der Waals surface area contributed by atoms with E-state index in [1.165, 1.54) is 11.8 Å². The number of rotatable bonds is 21. The Balaban J connectivity index is 0.000000123. The van der Waals surface area contributed by atoms with Gasteiger partial charge in [0.1, 0.15) is 23.1 Å². The second kappa shape index (κ2) is 39.9. The molecule has 630 valence electrons. The largest absolute Gasteiger partial charge is 0.493 e. The Labute approximate surface area is 737 Å². The van der Waals surface area contributed by atoms with Gasteiger partial charge in [0.25, 0.3) is 5.91 Å². The summed E-state index contributed by atoms with van der Waals surface area (Å²) >= 11 is 15.0. The zero-order valence-electron chi connectivity index (χ0n) is 67.3. The number of aromatic amines is 2. The maximum absolute atomic E-state index is 13.1. The number of anilines is 5. The predicted molar refractivity (Wildman–Crippen MR) is 488 cm³/mol. The molecule has 9 heterocycles. The number of imidazole rings is 1. The van der Waals surface area contributed by atoms with E-state index >= 15 is 0 Å². The van der Waals surface area contributed by atoms with E-state index in [2.05, 4.69) is 77.9 Å². The van der Waals surface area contributed by atoms with Crippen molar-refractivity contribution in [3.8, 4) is 39.5 Å². The van der Waals surface area contributed by atoms with Crippen molar-refractivity contribution in [2.24, 2.45) is 10.9 Å². The fourth-order valence-electron chi connectivity index (χ4n) is 14.3. The van der Waals surface area contributed by atoms with E-state index in [-0.39, 0.29) is 41.0 Å². The molecule has 33 heteroatoms. The van der Waals surface area contributed by atoms with Crippen molar-refractivity contribution >= 4 is 136 Å². The molecule has 1 aliphatic carbocycles. The highest BCUT2D eigenvalue weighted by atomic mass is 35.5. The number of sulfonamides is 1. The Kier molecular flexibility index (Phi) is 27.5. The molecular formula is C92H81Cl2N19O9S3. The van der Waals surface area contributed by atoms with E-state index in [9.17, 15) is 38.1 Å². The molecule has 28 nitrogen and oxygen atoms in total. The number of allylic oxidation sites excluding steroid dienone is 1. The van der Waals surface area contributed by atoms with Crippen LogP contribution in [0.25, 0.3) is 49.2 Å². The normalized spacial score (nSPS) is 13.4. The molecule has 0 atom stereocenters. The average molecular weight is 1760 g/mol. The molecule has 1 fully saturated rings. The van der Waals surface area contributed by atoms with E-state index in [0.29, 0.717) is 89.1 Å². The zero-order chi connectivity index (χ0) is 86.9. The van der Waals surface area contributed by atoms with Crippen LogP contribution in [-0.4, -0.2) is 127 Å². The van der Waals surface area contributed by atoms with E-state index in [4.69, 9.17) is 38.4 Å². The van der Waals surface area contributed by atoms with Crippen molar-refractivity contribution in [1.29, 1.82) is 5.26 Å². The van der Waals surface area contributed by atoms with Gasteiger partial charge in [-0.1, -0.05) is 138 Å². The number of nitroso groups, excluding NO2 is 1. The van der Waals surface area contributed by atoms with Crippen molar-refractivity contribution in [2.75, 3.05) is 61.4 Å². The molecule has 4 aliphatic rings. The third-order valence-electron chi connectivity index (χ3n) is 20.7. The molecule has 0 unspecified atom stereocenters. The number of hydrogen-bond acceptors (Lipinski definition) is 24. The SMILES string of the molecule is CN(C)c1cccc2c1C(=O)c1cccc3[nH]nc-2c13.N#C/C(=C1/Nc2ccccc2S1)c1ccnc(NCCc2cnc[nH]2)n1.NC(=O)c1ccc(Nc2nccc(-c3cccs3)n2)cc1.O=C(NCc1ccc(S(=O)(=O)N2CCC(NCc3ccc(Cl)cc3)CC2)cc1)c1ccc(Cl)cc1.O=Nc1c(O)n(Cc2cccc3c2OCOC3)c2ccccc12. The summed E-state index contributed by atoms with van der Waals surface area (Å²) in [5, 5.41) is 52.0. The number of aromatic hydroxyl groups is 1. The number of aromatic nitrogens is 9. The Morgan fingerprint density at radius 2 is 1.49 bits per heavy atom. The van der Waals surface area contributed by atoms with Gasteiger partial charge in [-0.2, -0.15) is 14.7 Å². The minimum absolute atomic E-state index is 0.0645. The molecule has 3 aliphatic heterocycles. The van der Waals surface area contributed by atoms with Gasteiger partial charge in [0, 0.05) is 154 Å². The van der Waals surface area contributed by atoms with E-state index < -0.39 is 15.9 Å². The number of para-hydroxylation sites is 3. The lowest BCUT2D eigenvalue weighted by Crippen LogP contribution is -2.44. The van der Waals surface area contributed by atoms with Crippen molar-refractivity contribution in [1.82, 2.24) is 59.6 Å². The monoisotopic (exact) mass is 1760 g/mol. The van der Waals surface area contributed by atoms with Crippen LogP contribution in [0.4, 0.5) is 34.6 Å². The topological polar surface area (TPSA) is 384 Å². The summed E-state index contributed by atoms with van der Waals surface area (Å²) < 4.78 is 40.3. The highest BCUT2D eigenvalue weighted by Crippen LogP contribution is 2.45. The smallest absolute Gasteiger partial charge is 0.251 e. The lowest BCUT2D eigenvalue weighted by Gasteiger charge is -2.31. The number of fused-ring (bicyclic) bond motifs is 5. The van der Waals surface area contributed by atoms with Crippen molar-refractivity contribution in [3.05, 3.63) is 331 Å². The summed E-state index contributed by atoms with van der Waals surface area (Å²) in [6, 6.07) is 70.7. The van der Waals surface area contributed by atoms with Crippen LogP contribution in [0.1, 0.15) is 83.1 Å². The fourth-order valence-corrected chi connectivity index (χ4v) is 17.7. The maximum Gasteiger partial charge on any atom is 0.251 e. The molecular weight excluding hydrogens is 1680 g/mol. The number of nitriles is 1. The molecule has 0 saturated carbocycles. The summed E-state index contributed by atoms with van der Waals surface area (Å²) in [7, 11) is 0.335. The van der Waals surface area contributed by atoms with Crippen molar-refractivity contribution in [2.45, 2.75) is 61.3 Å². The minimum atomic E-state index is -3.56. The van der Waals surface area contributed by atoms with Crippen LogP contribution in [-0.2, 0) is 47.4 Å². The lowest BCUT2D eigenvalue weighted by atomic mass is 9.86. The Hall–Kier alpha value is -13.9. The number of nitrogens with zero attached hydrogens (tertiary/aromatic N) is 11. The van der Waals surface area contributed by atoms with Crippen molar-refractivity contribution in [3.63, 3.8) is 0 Å². The number of piperidine rings is 1. The number of hydrogen-bond donors (Lipinski definition) is 9. The van der Waals surface area contributed by atoms with Crippen LogP contribution in [0, 0.1) is 16.2 Å². The molecule has 0 radical (unpaired) electrons. The standard InChI is InChI=1S/C26H27Cl2N3O3S.C18H15N7S.C17H14N2O4.C16H13N3O.C15H12N4OS/c27-22-7-1-19(2-8-22)17-29-24-13-15-31(16-14-24)35(33,34)25-11-3-20(4-12-25)18-30-26(32)21-5-9-23(28)10-6-21;19-9-13(17-24-15-3-1-2-4-16(15)26-17)14-6-8-22-18(25-14)21-7-5-12-10-20-11-23-12;20-17-15(18-21)13-6-1-2-7-14(13)19(17)8-11-4-3-5-12-9-22-10-23-16(11)12;1-19(2)12-8-4-5-9-14(12)16(20)10-6-3-7-11-13(10)15(9)18-17-11;16-14(20)10-3-5-11(6-4-10)18-15-17-8-7-12(19-15)13-2-1-9-21-13/h1-12,24,29H,13-18H2,(H,30,32);1-4,6,8,10-11,24H,5,7H2,(H,20,23)(H,21,22,25);1-7,20H,8-10H2;3-8H,1-2H3,(H,17,18);1-9H,(H2,16,20)(H,17,18,19)/b;17-13+;;;. The number of nitrogens with two attached hydrogens (primary N) is 1. The molecule has 15 aromatic rings. The lowest BCUT2D eigenvalue weighted by molar-refractivity contribution is -0.0170. The summed E-state index contributed by atoms with van der Waals surface area (Å²) in [6.45, 7) is 3.73. The number of primary amides is 1. The highest BCUT2D eigenvalue weighted by Gasteiger charge is 2.32. The second-order valence-electron chi connectivity index (χ2n) is 29.0. The number of H-pyrrole nitrogens is 2. The van der Waals surface area contributed by atoms with Gasteiger partial charge < -0.3 is 61.3 Å². The van der Waals surface area contributed by atoms with Gasteiger partial charge in [0.15, 0.2) is 18.3 Å². The van der Waals surface area contributed by atoms with Gasteiger partial charge in [0.05, 0.1) is 68.0 Å². The number of thiophene rings is 1. The molecule has 6 aromatic heterocycles. The van der Waals surface area contributed by atoms with Crippen LogP contribution in [0.2, 0.25) is 10.0 Å². The van der Waals surface area contributed by atoms with Crippen LogP contribution >= 0.6 is 46.3 Å². The number of benzene rings is 9. The second-order valence-corrected chi connectivity index (χ2v) is 33.8. The van der Waals surface area contributed by atoms with Gasteiger partial charge in [-0.25, -0.2) is 33.3 Å². The number of ketones is 1. The zero-order valence-corrected chi connectivity index (χ0v) is 71.3. The third-order valence-corrected chi connectivity index (χ3v) is 25.1. The number of carbonyl (C=O) groups excluding carboxylic acids is 3. The van der Waals surface area contributed by atoms with Gasteiger partial charge in [-0.15, -0.1) is 16.2 Å². The fraction of sp³-hybridized carbons (Fsp3) is 0.152. The van der Waals surface area contributed by atoms with Crippen molar-refractivity contribution < 1.29 is 37.4 Å². The van der Waals surface area contributed by atoms with Gasteiger partial charge >= 0.3 is 0 Å². The van der Waals surface area contributed by atoms with Crippen LogP contribution in [0.3, 0.4) is 0 Å². The molecule has 125 heavy (non-hydrogen) atoms. The summed E-state index contributed by atoms with van der Waals surface area (Å²) in [5.74, 6) is 1.05. The van der Waals surface area contributed by atoms with Crippen LogP contribution in [0.5, 0.6) is 11.6 Å². The molecule has 2 amide bonds. The van der Waals surface area contributed by atoms with E-state index in [1.54, 1.807) is 130 Å². The Morgan fingerprint density at radius 3 is 2.22 bits per heavy atom. The number of halogens is 2. The Bertz CT molecular complexity index is 6560. The van der Waals surface area contributed by atoms with Crippen LogP contribution < -0.4 is 42.0 Å². The maximum atomic E-state index is 13.1. The third kappa shape index (κ3) is 20.6. The first kappa shape index (κ1) is 86.0. The van der Waals surface area contributed by atoms with E-state index in [1.807, 2.05) is 164 Å². The Morgan fingerprint density at radius 1 is 0.776 bits per heavy atom. The van der Waals surface area contributed by atoms with Gasteiger partial charge in [-0.3, -0.25) is 19.5 Å². The van der Waals surface area contributed by atoms with Gasteiger partial charge in [-0.05, 0) is 156 Å². The predicted octanol–water partition coefficient (Wildman–Crippen LogP) is 17.7. The molecule has 0 spiro atoms. The summed E-state index contributed by atoms with van der Waals surface area (Å²) in [6.07, 6.45) is 9.10. The minimum Gasteiger partial charge on any atom is -0.493 e. The molecule has 9 aromatic carbocycles. The summed E-state index contributed by atoms with van der Waals surface area (Å²) in [5.41, 5.74) is 20.8. The quantitative estimate of drug-likeness (QED) is 0.0238. The highest BCUT2D eigenvalue weighted by molar-refractivity contribution is 8.04. The van der Waals surface area contributed by atoms with Gasteiger partial charge in [0.2, 0.25) is 33.7 Å². The first-order valence-electron chi connectivity index (χ1n) is 39.5. The molecule has 1 saturated heterocycles. The number of carbonyl (C=O) groups is 3. The number of thioether (sulfide) groups is 1. The first-order valence-corrected chi connectivity index (χ1v) is 43.4.